The van der Waals surface area contributed by atoms with Crippen LogP contribution in [0.3, 0.4) is 0 Å². The molecule has 0 amide bonds. The zero-order valence-electron chi connectivity index (χ0n) is 4.96. The Bertz CT molecular complexity index is 167. The first-order valence-electron chi connectivity index (χ1n) is 2.81. The van der Waals surface area contributed by atoms with Crippen molar-refractivity contribution in [1.29, 1.82) is 0 Å². The number of aryl methyl sites for hydroxylation is 1. The first kappa shape index (κ1) is 6.49. The summed E-state index contributed by atoms with van der Waals surface area (Å²) in [5.41, 5.74) is 0. The minimum absolute atomic E-state index is 0.528. The van der Waals surface area contributed by atoms with E-state index in [9.17, 15) is 4.79 Å². The molecule has 0 saturated heterocycles. The van der Waals surface area contributed by atoms with Gasteiger partial charge in [0.2, 0.25) is 0 Å². The summed E-state index contributed by atoms with van der Waals surface area (Å²) >= 11 is 1.68. The molecule has 1 heterocycles. The highest BCUT2D eigenvalue weighted by Crippen LogP contribution is 2.09. The molecule has 0 N–H and O–H groups in total. The van der Waals surface area contributed by atoms with Gasteiger partial charge in [-0.15, -0.1) is 11.3 Å². The van der Waals surface area contributed by atoms with Gasteiger partial charge in [-0.05, 0) is 17.9 Å². The van der Waals surface area contributed by atoms with E-state index in [0.29, 0.717) is 6.42 Å². The van der Waals surface area contributed by atoms with Gasteiger partial charge in [-0.3, -0.25) is 4.79 Å². The smallest absolute Gasteiger partial charge is 0.198 e. The summed E-state index contributed by atoms with van der Waals surface area (Å²) in [5, 5.41) is 2.01. The van der Waals surface area contributed by atoms with Crippen LogP contribution in [0.5, 0.6) is 0 Å². The van der Waals surface area contributed by atoms with Crippen molar-refractivity contribution < 1.29 is 4.79 Å². The monoisotopic (exact) mass is 139 g/mol. The summed E-state index contributed by atoms with van der Waals surface area (Å²) in [7, 11) is 0. The maximum atomic E-state index is 9.78. The SMILES string of the molecule is O=[C]CCc1cccs1. The van der Waals surface area contributed by atoms with Gasteiger partial charge in [-0.1, -0.05) is 6.07 Å². The zero-order valence-corrected chi connectivity index (χ0v) is 5.78. The summed E-state index contributed by atoms with van der Waals surface area (Å²) in [4.78, 5) is 11.0. The summed E-state index contributed by atoms with van der Waals surface area (Å²) in [6.45, 7) is 0. The molecule has 1 aromatic rings. The van der Waals surface area contributed by atoms with Crippen molar-refractivity contribution in [1.82, 2.24) is 0 Å². The molecule has 9 heavy (non-hydrogen) atoms. The normalized spacial score (nSPS) is 9.33. The highest BCUT2D eigenvalue weighted by molar-refractivity contribution is 7.09. The van der Waals surface area contributed by atoms with Crippen molar-refractivity contribution in [2.45, 2.75) is 12.8 Å². The second kappa shape index (κ2) is 3.41. The lowest BCUT2D eigenvalue weighted by molar-refractivity contribution is 0.551. The molecule has 1 radical (unpaired) electrons. The van der Waals surface area contributed by atoms with E-state index < -0.39 is 0 Å². The lowest BCUT2D eigenvalue weighted by Gasteiger charge is -1.84. The van der Waals surface area contributed by atoms with Crippen molar-refractivity contribution in [3.63, 3.8) is 0 Å². The second-order valence-electron chi connectivity index (χ2n) is 1.72. The fraction of sp³-hybridized carbons (Fsp3) is 0.286. The summed E-state index contributed by atoms with van der Waals surface area (Å²) in [5.74, 6) is 0. The van der Waals surface area contributed by atoms with Crippen LogP contribution in [-0.4, -0.2) is 6.29 Å². The Labute approximate surface area is 58.3 Å². The number of hydrogen-bond acceptors (Lipinski definition) is 2. The molecule has 0 unspecified atom stereocenters. The first-order chi connectivity index (χ1) is 4.43. The van der Waals surface area contributed by atoms with Crippen LogP contribution >= 0.6 is 11.3 Å². The van der Waals surface area contributed by atoms with E-state index in [1.807, 2.05) is 23.8 Å². The Morgan fingerprint density at radius 2 is 2.56 bits per heavy atom. The van der Waals surface area contributed by atoms with E-state index in [4.69, 9.17) is 0 Å². The van der Waals surface area contributed by atoms with Crippen LogP contribution in [0.15, 0.2) is 17.5 Å². The van der Waals surface area contributed by atoms with Crippen molar-refractivity contribution >= 4 is 17.6 Å². The number of carbonyl (C=O) groups excluding carboxylic acids is 1. The predicted molar refractivity (Wildman–Crippen MR) is 38.3 cm³/mol. The molecule has 1 aromatic heterocycles. The lowest BCUT2D eigenvalue weighted by Crippen LogP contribution is -1.78. The zero-order chi connectivity index (χ0) is 6.53. The Morgan fingerprint density at radius 3 is 3.11 bits per heavy atom. The van der Waals surface area contributed by atoms with Crippen molar-refractivity contribution in [3.05, 3.63) is 22.4 Å². The molecular formula is C7H7OS. The van der Waals surface area contributed by atoms with Gasteiger partial charge in [0.25, 0.3) is 0 Å². The number of hydrogen-bond donors (Lipinski definition) is 0. The van der Waals surface area contributed by atoms with Crippen LogP contribution < -0.4 is 0 Å². The van der Waals surface area contributed by atoms with Crippen LogP contribution in [-0.2, 0) is 11.2 Å². The molecule has 0 aliphatic rings. The molecule has 2 heteroatoms. The predicted octanol–water partition coefficient (Wildman–Crippen LogP) is 1.79. The van der Waals surface area contributed by atoms with E-state index in [0.717, 1.165) is 6.42 Å². The van der Waals surface area contributed by atoms with Gasteiger partial charge in [-0.25, -0.2) is 0 Å². The lowest BCUT2D eigenvalue weighted by atomic mass is 10.3. The standard InChI is InChI=1S/C7H7OS/c8-5-1-3-7-4-2-6-9-7/h2,4,6H,1,3H2. The summed E-state index contributed by atoms with van der Waals surface area (Å²) < 4.78 is 0. The highest BCUT2D eigenvalue weighted by Gasteiger charge is 1.90. The van der Waals surface area contributed by atoms with Crippen LogP contribution in [0.2, 0.25) is 0 Å². The van der Waals surface area contributed by atoms with Crippen molar-refractivity contribution in [2.75, 3.05) is 0 Å². The molecule has 47 valence electrons. The van der Waals surface area contributed by atoms with Gasteiger partial charge < -0.3 is 0 Å². The maximum absolute atomic E-state index is 9.78. The van der Waals surface area contributed by atoms with Gasteiger partial charge in [-0.2, -0.15) is 0 Å². The number of rotatable bonds is 3. The molecule has 1 rings (SSSR count). The minimum Gasteiger partial charge on any atom is -0.291 e. The molecule has 0 spiro atoms. The molecule has 0 aliphatic heterocycles. The van der Waals surface area contributed by atoms with Crippen molar-refractivity contribution in [3.8, 4) is 0 Å². The van der Waals surface area contributed by atoms with Crippen molar-refractivity contribution in [2.24, 2.45) is 0 Å². The maximum Gasteiger partial charge on any atom is 0.198 e. The molecule has 0 aromatic carbocycles. The van der Waals surface area contributed by atoms with E-state index >= 15 is 0 Å². The third-order valence-electron chi connectivity index (χ3n) is 1.05. The van der Waals surface area contributed by atoms with Gasteiger partial charge in [0.05, 0.1) is 0 Å². The summed E-state index contributed by atoms with van der Waals surface area (Å²) in [6.07, 6.45) is 3.24. The Morgan fingerprint density at radius 1 is 1.67 bits per heavy atom. The third kappa shape index (κ3) is 1.98. The Hall–Kier alpha value is -0.630. The van der Waals surface area contributed by atoms with E-state index in [2.05, 4.69) is 0 Å². The Kier molecular flexibility index (Phi) is 2.46. The topological polar surface area (TPSA) is 17.1 Å². The number of thiophene rings is 1. The Balaban J connectivity index is 2.38. The molecule has 0 saturated carbocycles. The molecule has 1 nitrogen and oxygen atoms in total. The molecule has 0 bridgehead atoms. The molecule has 0 fully saturated rings. The van der Waals surface area contributed by atoms with Gasteiger partial charge in [0, 0.05) is 11.3 Å². The second-order valence-corrected chi connectivity index (χ2v) is 2.76. The third-order valence-corrected chi connectivity index (χ3v) is 1.99. The van der Waals surface area contributed by atoms with Gasteiger partial charge in [0.1, 0.15) is 0 Å². The first-order valence-corrected chi connectivity index (χ1v) is 3.69. The van der Waals surface area contributed by atoms with E-state index in [-0.39, 0.29) is 0 Å². The van der Waals surface area contributed by atoms with E-state index in [1.165, 1.54) is 4.88 Å². The van der Waals surface area contributed by atoms with Gasteiger partial charge >= 0.3 is 0 Å². The van der Waals surface area contributed by atoms with Crippen LogP contribution in [0, 0.1) is 0 Å². The average Bonchev–Trinajstić information content (AvgIpc) is 2.34. The highest BCUT2D eigenvalue weighted by atomic mass is 32.1. The van der Waals surface area contributed by atoms with E-state index in [1.54, 1.807) is 11.3 Å². The molecule has 0 atom stereocenters. The van der Waals surface area contributed by atoms with Crippen LogP contribution in [0.4, 0.5) is 0 Å². The fourth-order valence-electron chi connectivity index (χ4n) is 0.629. The molecule has 0 aliphatic carbocycles. The fourth-order valence-corrected chi connectivity index (χ4v) is 1.34. The minimum atomic E-state index is 0.528. The molecular weight excluding hydrogens is 132 g/mol. The van der Waals surface area contributed by atoms with Gasteiger partial charge in [0.15, 0.2) is 6.29 Å². The average molecular weight is 139 g/mol. The van der Waals surface area contributed by atoms with Crippen LogP contribution in [0.1, 0.15) is 11.3 Å². The summed E-state index contributed by atoms with van der Waals surface area (Å²) in [6, 6.07) is 4.02. The largest absolute Gasteiger partial charge is 0.291 e. The van der Waals surface area contributed by atoms with Crippen LogP contribution in [0.25, 0.3) is 0 Å². The quantitative estimate of drug-likeness (QED) is 0.624.